The predicted molar refractivity (Wildman–Crippen MR) is 95.5 cm³/mol. The van der Waals surface area contributed by atoms with E-state index in [1.807, 2.05) is 36.4 Å². The molecule has 0 atom stereocenters. The quantitative estimate of drug-likeness (QED) is 0.650. The molecule has 0 amide bonds. The van der Waals surface area contributed by atoms with E-state index in [9.17, 15) is 9.59 Å². The maximum Gasteiger partial charge on any atom is 0.338 e. The van der Waals surface area contributed by atoms with Crippen molar-refractivity contribution in [3.05, 3.63) is 83.4 Å². The van der Waals surface area contributed by atoms with Gasteiger partial charge in [0.05, 0.1) is 17.7 Å². The Morgan fingerprint density at radius 3 is 2.12 bits per heavy atom. The highest BCUT2D eigenvalue weighted by Gasteiger charge is 2.16. The van der Waals surface area contributed by atoms with E-state index in [1.54, 1.807) is 37.3 Å². The summed E-state index contributed by atoms with van der Waals surface area (Å²) in [4.78, 5) is 24.4. The van der Waals surface area contributed by atoms with Gasteiger partial charge in [-0.15, -0.1) is 0 Å². The lowest BCUT2D eigenvalue weighted by Crippen LogP contribution is -2.11. The van der Waals surface area contributed by atoms with Gasteiger partial charge < -0.3 is 9.47 Å². The van der Waals surface area contributed by atoms with Crippen LogP contribution in [-0.4, -0.2) is 18.5 Å². The zero-order valence-corrected chi connectivity index (χ0v) is 13.9. The summed E-state index contributed by atoms with van der Waals surface area (Å²) in [5, 5.41) is 1.91. The van der Waals surface area contributed by atoms with Crippen molar-refractivity contribution in [2.75, 3.05) is 6.61 Å². The van der Waals surface area contributed by atoms with Gasteiger partial charge in [-0.3, -0.25) is 0 Å². The van der Waals surface area contributed by atoms with Gasteiger partial charge in [-0.05, 0) is 42.0 Å². The van der Waals surface area contributed by atoms with Crippen molar-refractivity contribution in [3.63, 3.8) is 0 Å². The van der Waals surface area contributed by atoms with Crippen LogP contribution in [0.3, 0.4) is 0 Å². The number of hydrogen-bond donors (Lipinski definition) is 0. The summed E-state index contributed by atoms with van der Waals surface area (Å²) >= 11 is 0. The molecule has 0 spiro atoms. The number of ether oxygens (including phenoxy) is 2. The van der Waals surface area contributed by atoms with Crippen molar-refractivity contribution in [1.82, 2.24) is 0 Å². The maximum absolute atomic E-state index is 12.3. The van der Waals surface area contributed by atoms with Crippen LogP contribution in [0.5, 0.6) is 0 Å². The third-order valence-electron chi connectivity index (χ3n) is 3.84. The molecular formula is C21H18O4. The summed E-state index contributed by atoms with van der Waals surface area (Å²) in [6, 6.07) is 20.1. The van der Waals surface area contributed by atoms with Crippen LogP contribution in [0.1, 0.15) is 33.2 Å². The van der Waals surface area contributed by atoms with Crippen molar-refractivity contribution < 1.29 is 19.1 Å². The lowest BCUT2D eigenvalue weighted by molar-refractivity contribution is 0.0450. The molecule has 0 aliphatic carbocycles. The van der Waals surface area contributed by atoms with Crippen LogP contribution >= 0.6 is 0 Å². The van der Waals surface area contributed by atoms with Crippen LogP contribution in [0.15, 0.2) is 66.7 Å². The molecule has 0 aromatic heterocycles. The molecule has 0 heterocycles. The van der Waals surface area contributed by atoms with Crippen LogP contribution in [0.2, 0.25) is 0 Å². The average molecular weight is 334 g/mol. The van der Waals surface area contributed by atoms with Gasteiger partial charge in [0.15, 0.2) is 0 Å². The first-order valence-corrected chi connectivity index (χ1v) is 8.10. The van der Waals surface area contributed by atoms with Gasteiger partial charge in [0, 0.05) is 5.56 Å². The first-order chi connectivity index (χ1) is 12.2. The summed E-state index contributed by atoms with van der Waals surface area (Å²) < 4.78 is 10.5. The number of esters is 2. The Kier molecular flexibility index (Phi) is 5.09. The normalized spacial score (nSPS) is 10.4. The minimum absolute atomic E-state index is 0.00666. The fraction of sp³-hybridized carbons (Fsp3) is 0.143. The van der Waals surface area contributed by atoms with Crippen molar-refractivity contribution >= 4 is 22.7 Å². The monoisotopic (exact) mass is 334 g/mol. The minimum atomic E-state index is -0.427. The van der Waals surface area contributed by atoms with E-state index < -0.39 is 11.9 Å². The molecule has 0 fully saturated rings. The molecule has 25 heavy (non-hydrogen) atoms. The second-order valence-corrected chi connectivity index (χ2v) is 5.52. The first-order valence-electron chi connectivity index (χ1n) is 8.10. The van der Waals surface area contributed by atoms with E-state index in [2.05, 4.69) is 0 Å². The molecule has 3 rings (SSSR count). The number of rotatable bonds is 5. The van der Waals surface area contributed by atoms with E-state index in [1.165, 1.54) is 0 Å². The van der Waals surface area contributed by atoms with Gasteiger partial charge in [-0.2, -0.15) is 0 Å². The highest BCUT2D eigenvalue weighted by atomic mass is 16.5. The number of fused-ring (bicyclic) bond motifs is 1. The summed E-state index contributed by atoms with van der Waals surface area (Å²) in [7, 11) is 0. The zero-order chi connectivity index (χ0) is 17.6. The Bertz CT molecular complexity index is 900. The van der Waals surface area contributed by atoms with Crippen molar-refractivity contribution in [1.29, 1.82) is 0 Å². The third kappa shape index (κ3) is 3.86. The minimum Gasteiger partial charge on any atom is -0.462 e. The molecule has 0 saturated heterocycles. The van der Waals surface area contributed by atoms with Crippen LogP contribution in [-0.2, 0) is 16.1 Å². The predicted octanol–water partition coefficient (Wildman–Crippen LogP) is 4.37. The smallest absolute Gasteiger partial charge is 0.338 e. The van der Waals surface area contributed by atoms with Crippen molar-refractivity contribution in [2.24, 2.45) is 0 Å². The second kappa shape index (κ2) is 7.62. The Hall–Kier alpha value is -3.14. The summed E-state index contributed by atoms with van der Waals surface area (Å²) in [6.07, 6.45) is 0. The van der Waals surface area contributed by atoms with Crippen molar-refractivity contribution in [3.8, 4) is 0 Å². The zero-order valence-electron chi connectivity index (χ0n) is 13.9. The summed E-state index contributed by atoms with van der Waals surface area (Å²) in [5.41, 5.74) is 1.52. The van der Waals surface area contributed by atoms with Gasteiger partial charge >= 0.3 is 11.9 Å². The van der Waals surface area contributed by atoms with E-state index in [-0.39, 0.29) is 13.2 Å². The molecule has 0 N–H and O–H groups in total. The molecule has 4 heteroatoms. The molecule has 0 aliphatic heterocycles. The number of carbonyl (C=O) groups is 2. The van der Waals surface area contributed by atoms with Gasteiger partial charge in [0.1, 0.15) is 6.61 Å². The Balaban J connectivity index is 1.89. The lowest BCUT2D eigenvalue weighted by Gasteiger charge is -2.12. The number of hydrogen-bond acceptors (Lipinski definition) is 4. The van der Waals surface area contributed by atoms with Gasteiger partial charge in [-0.25, -0.2) is 9.59 Å². The Morgan fingerprint density at radius 1 is 0.800 bits per heavy atom. The van der Waals surface area contributed by atoms with E-state index in [0.29, 0.717) is 16.7 Å². The highest BCUT2D eigenvalue weighted by Crippen LogP contribution is 2.22. The standard InChI is InChI=1S/C21H18O4/c1-2-24-21(23)19-13-17-11-7-6-10-16(17)12-18(19)14-25-20(22)15-8-4-3-5-9-15/h3-13H,2,14H2,1H3. The molecule has 0 unspecified atom stereocenters. The maximum atomic E-state index is 12.3. The van der Waals surface area contributed by atoms with Crippen LogP contribution in [0.4, 0.5) is 0 Å². The lowest BCUT2D eigenvalue weighted by atomic mass is 10.0. The topological polar surface area (TPSA) is 52.6 Å². The van der Waals surface area contributed by atoms with Gasteiger partial charge in [-0.1, -0.05) is 42.5 Å². The SMILES string of the molecule is CCOC(=O)c1cc2ccccc2cc1COC(=O)c1ccccc1. The molecule has 3 aromatic carbocycles. The summed E-state index contributed by atoms with van der Waals surface area (Å²) in [5.74, 6) is -0.845. The van der Waals surface area contributed by atoms with Crippen LogP contribution in [0, 0.1) is 0 Å². The largest absolute Gasteiger partial charge is 0.462 e. The van der Waals surface area contributed by atoms with Gasteiger partial charge in [0.25, 0.3) is 0 Å². The van der Waals surface area contributed by atoms with E-state index >= 15 is 0 Å². The molecule has 0 aliphatic rings. The first kappa shape index (κ1) is 16.7. The molecule has 3 aromatic rings. The summed E-state index contributed by atoms with van der Waals surface area (Å²) in [6.45, 7) is 2.05. The molecule has 0 radical (unpaired) electrons. The molecule has 0 bridgehead atoms. The van der Waals surface area contributed by atoms with E-state index in [0.717, 1.165) is 10.8 Å². The molecule has 126 valence electrons. The van der Waals surface area contributed by atoms with Crippen molar-refractivity contribution in [2.45, 2.75) is 13.5 Å². The van der Waals surface area contributed by atoms with E-state index in [4.69, 9.17) is 9.47 Å². The Morgan fingerprint density at radius 2 is 1.44 bits per heavy atom. The average Bonchev–Trinajstić information content (AvgIpc) is 2.66. The fourth-order valence-electron chi connectivity index (χ4n) is 2.61. The fourth-order valence-corrected chi connectivity index (χ4v) is 2.61. The van der Waals surface area contributed by atoms with Gasteiger partial charge in [0.2, 0.25) is 0 Å². The number of carbonyl (C=O) groups excluding carboxylic acids is 2. The highest BCUT2D eigenvalue weighted by molar-refractivity contribution is 5.97. The third-order valence-corrected chi connectivity index (χ3v) is 3.84. The Labute approximate surface area is 146 Å². The van der Waals surface area contributed by atoms with Crippen LogP contribution < -0.4 is 0 Å². The van der Waals surface area contributed by atoms with Crippen LogP contribution in [0.25, 0.3) is 10.8 Å². The molecular weight excluding hydrogens is 316 g/mol. The second-order valence-electron chi connectivity index (χ2n) is 5.52. The molecule has 0 saturated carbocycles. The number of benzene rings is 3. The molecule has 4 nitrogen and oxygen atoms in total.